The monoisotopic (exact) mass is 133 g/mol. The summed E-state index contributed by atoms with van der Waals surface area (Å²) in [5.41, 5.74) is 3.74. The first-order valence-electron chi connectivity index (χ1n) is 3.20. The van der Waals surface area contributed by atoms with Gasteiger partial charge in [-0.25, -0.2) is 0 Å². The van der Waals surface area contributed by atoms with Crippen molar-refractivity contribution < 1.29 is 4.84 Å². The molecule has 1 aliphatic heterocycles. The predicted octanol–water partition coefficient (Wildman–Crippen LogP) is 1.33. The van der Waals surface area contributed by atoms with E-state index in [4.69, 9.17) is 4.84 Å². The average Bonchev–Trinajstić information content (AvgIpc) is 2.05. The van der Waals surface area contributed by atoms with Crippen LogP contribution < -0.4 is 5.48 Å². The van der Waals surface area contributed by atoms with Crippen molar-refractivity contribution in [3.63, 3.8) is 0 Å². The Kier molecular flexibility index (Phi) is 1.32. The summed E-state index contributed by atoms with van der Waals surface area (Å²) in [6, 6.07) is 0. The van der Waals surface area contributed by atoms with Crippen molar-refractivity contribution >= 4 is 0 Å². The molecular formula is C8H7NO. The van der Waals surface area contributed by atoms with Crippen LogP contribution in [0.2, 0.25) is 0 Å². The molecule has 2 nitrogen and oxygen atoms in total. The molecule has 0 amide bonds. The molecule has 0 unspecified atom stereocenters. The van der Waals surface area contributed by atoms with E-state index in [9.17, 15) is 0 Å². The minimum absolute atomic E-state index is 0.904. The predicted molar refractivity (Wildman–Crippen MR) is 37.4 cm³/mol. The molecule has 0 fully saturated rings. The summed E-state index contributed by atoms with van der Waals surface area (Å²) in [6.07, 6.45) is 8.86. The largest absolute Gasteiger partial charge is 0.407 e. The molecule has 1 N–H and O–H groups in total. The SMILES string of the molecule is [C]1C=C2CC=CC=C2ON1. The zero-order chi connectivity index (χ0) is 6.81. The van der Waals surface area contributed by atoms with Crippen molar-refractivity contribution in [2.45, 2.75) is 6.42 Å². The molecule has 2 aliphatic rings. The number of hydrogen-bond acceptors (Lipinski definition) is 2. The molecule has 2 heteroatoms. The molecule has 0 aromatic carbocycles. The van der Waals surface area contributed by atoms with Crippen LogP contribution in [0.3, 0.4) is 0 Å². The van der Waals surface area contributed by atoms with Gasteiger partial charge in [0, 0.05) is 0 Å². The highest BCUT2D eigenvalue weighted by Gasteiger charge is 2.11. The minimum Gasteiger partial charge on any atom is -0.407 e. The second-order valence-corrected chi connectivity index (χ2v) is 2.18. The number of allylic oxidation sites excluding steroid dienone is 4. The van der Waals surface area contributed by atoms with E-state index in [1.54, 1.807) is 0 Å². The fourth-order valence-electron chi connectivity index (χ4n) is 0.989. The van der Waals surface area contributed by atoms with Gasteiger partial charge in [-0.15, -0.1) is 5.48 Å². The van der Waals surface area contributed by atoms with Crippen molar-refractivity contribution in [1.82, 2.24) is 5.48 Å². The van der Waals surface area contributed by atoms with Crippen LogP contribution >= 0.6 is 0 Å². The molecule has 1 aliphatic carbocycles. The van der Waals surface area contributed by atoms with Gasteiger partial charge in [-0.2, -0.15) is 0 Å². The van der Waals surface area contributed by atoms with Gasteiger partial charge in [-0.1, -0.05) is 12.2 Å². The first-order chi connectivity index (χ1) is 4.97. The molecule has 0 aromatic heterocycles. The first-order valence-corrected chi connectivity index (χ1v) is 3.20. The second-order valence-electron chi connectivity index (χ2n) is 2.18. The van der Waals surface area contributed by atoms with Gasteiger partial charge >= 0.3 is 0 Å². The van der Waals surface area contributed by atoms with E-state index in [2.05, 4.69) is 18.1 Å². The summed E-state index contributed by atoms with van der Waals surface area (Å²) in [5, 5.41) is 0. The van der Waals surface area contributed by atoms with Crippen LogP contribution in [-0.2, 0) is 4.84 Å². The normalized spacial score (nSPS) is 22.4. The van der Waals surface area contributed by atoms with E-state index in [0.717, 1.165) is 12.2 Å². The van der Waals surface area contributed by atoms with Gasteiger partial charge in [0.2, 0.25) is 0 Å². The highest BCUT2D eigenvalue weighted by atomic mass is 16.6. The molecule has 0 bridgehead atoms. The Labute approximate surface area is 59.8 Å². The maximum Gasteiger partial charge on any atom is 0.150 e. The van der Waals surface area contributed by atoms with Crippen LogP contribution in [0.25, 0.3) is 0 Å². The first kappa shape index (κ1) is 5.74. The molecule has 0 saturated heterocycles. The van der Waals surface area contributed by atoms with Gasteiger partial charge in [0.15, 0.2) is 0 Å². The van der Waals surface area contributed by atoms with Crippen LogP contribution in [0, 0.1) is 6.54 Å². The smallest absolute Gasteiger partial charge is 0.150 e. The quantitative estimate of drug-likeness (QED) is 0.538. The molecule has 50 valence electrons. The lowest BCUT2D eigenvalue weighted by Crippen LogP contribution is -2.16. The summed E-state index contributed by atoms with van der Waals surface area (Å²) < 4.78 is 0. The maximum absolute atomic E-state index is 5.06. The average molecular weight is 133 g/mol. The summed E-state index contributed by atoms with van der Waals surface area (Å²) in [5.74, 6) is 0.904. The van der Waals surface area contributed by atoms with Crippen LogP contribution in [-0.4, -0.2) is 0 Å². The zero-order valence-electron chi connectivity index (χ0n) is 5.42. The fraction of sp³-hybridized carbons (Fsp3) is 0.125. The van der Waals surface area contributed by atoms with E-state index in [1.165, 1.54) is 5.57 Å². The van der Waals surface area contributed by atoms with E-state index < -0.39 is 0 Å². The third kappa shape index (κ3) is 0.866. The van der Waals surface area contributed by atoms with Gasteiger partial charge in [0.05, 0.1) is 0 Å². The Balaban J connectivity index is 2.32. The number of hydroxylamine groups is 1. The molecular weight excluding hydrogens is 126 g/mol. The third-order valence-electron chi connectivity index (χ3n) is 1.50. The van der Waals surface area contributed by atoms with Gasteiger partial charge in [0.1, 0.15) is 12.3 Å². The lowest BCUT2D eigenvalue weighted by Gasteiger charge is -2.17. The Hall–Kier alpha value is -1.02. The maximum atomic E-state index is 5.06. The van der Waals surface area contributed by atoms with E-state index in [-0.39, 0.29) is 0 Å². The molecule has 0 atom stereocenters. The topological polar surface area (TPSA) is 21.3 Å². The minimum atomic E-state index is 0.904. The molecule has 0 spiro atoms. The van der Waals surface area contributed by atoms with Crippen molar-refractivity contribution in [2.24, 2.45) is 0 Å². The summed E-state index contributed by atoms with van der Waals surface area (Å²) in [7, 11) is 0. The molecule has 2 rings (SSSR count). The molecule has 1 heterocycles. The lowest BCUT2D eigenvalue weighted by molar-refractivity contribution is 0.130. The van der Waals surface area contributed by atoms with Gasteiger partial charge in [0.25, 0.3) is 0 Å². The van der Waals surface area contributed by atoms with Crippen LogP contribution in [0.1, 0.15) is 6.42 Å². The van der Waals surface area contributed by atoms with E-state index in [1.807, 2.05) is 18.2 Å². The van der Waals surface area contributed by atoms with E-state index >= 15 is 0 Å². The zero-order valence-corrected chi connectivity index (χ0v) is 5.42. The van der Waals surface area contributed by atoms with Crippen molar-refractivity contribution in [3.8, 4) is 0 Å². The fourth-order valence-corrected chi connectivity index (χ4v) is 0.989. The summed E-state index contributed by atoms with van der Waals surface area (Å²) >= 11 is 0. The van der Waals surface area contributed by atoms with Crippen molar-refractivity contribution in [2.75, 3.05) is 0 Å². The highest BCUT2D eigenvalue weighted by molar-refractivity contribution is 5.37. The standard InChI is InChI=1S/C8H7NO/c1-2-4-8-7(3-1)5-6-9-10-8/h1-2,4-5,9H,3H2. The molecule has 0 saturated carbocycles. The van der Waals surface area contributed by atoms with Crippen LogP contribution in [0.5, 0.6) is 0 Å². The highest BCUT2D eigenvalue weighted by Crippen LogP contribution is 2.22. The summed E-state index contributed by atoms with van der Waals surface area (Å²) in [6.45, 7) is 2.77. The summed E-state index contributed by atoms with van der Waals surface area (Å²) in [4.78, 5) is 5.06. The third-order valence-corrected chi connectivity index (χ3v) is 1.50. The lowest BCUT2D eigenvalue weighted by atomic mass is 10.1. The van der Waals surface area contributed by atoms with Gasteiger partial charge in [-0.3, -0.25) is 0 Å². The molecule has 2 radical (unpaired) electrons. The number of nitrogens with one attached hydrogen (secondary N) is 1. The molecule has 10 heavy (non-hydrogen) atoms. The molecule has 0 aromatic rings. The Morgan fingerprint density at radius 2 is 2.60 bits per heavy atom. The van der Waals surface area contributed by atoms with E-state index in [0.29, 0.717) is 0 Å². The van der Waals surface area contributed by atoms with Crippen molar-refractivity contribution in [3.05, 3.63) is 42.2 Å². The Bertz CT molecular complexity index is 225. The van der Waals surface area contributed by atoms with Crippen LogP contribution in [0.4, 0.5) is 0 Å². The number of hydrogen-bond donors (Lipinski definition) is 1. The second kappa shape index (κ2) is 2.31. The van der Waals surface area contributed by atoms with Crippen LogP contribution in [0.15, 0.2) is 35.6 Å². The van der Waals surface area contributed by atoms with Crippen molar-refractivity contribution in [1.29, 1.82) is 0 Å². The Morgan fingerprint density at radius 3 is 3.50 bits per heavy atom. The number of rotatable bonds is 0. The Morgan fingerprint density at radius 1 is 1.60 bits per heavy atom. The van der Waals surface area contributed by atoms with Gasteiger partial charge < -0.3 is 4.84 Å². The number of fused-ring (bicyclic) bond motifs is 1. The van der Waals surface area contributed by atoms with Gasteiger partial charge in [-0.05, 0) is 24.1 Å².